The molecule has 2 rings (SSSR count). The van der Waals surface area contributed by atoms with Crippen LogP contribution >= 0.6 is 11.3 Å². The summed E-state index contributed by atoms with van der Waals surface area (Å²) < 4.78 is 10.6. The molecule has 0 unspecified atom stereocenters. The Morgan fingerprint density at radius 1 is 1.25 bits per heavy atom. The van der Waals surface area contributed by atoms with Gasteiger partial charge in [-0.25, -0.2) is 4.98 Å². The van der Waals surface area contributed by atoms with Crippen LogP contribution in [0.3, 0.4) is 0 Å². The molecule has 0 fully saturated rings. The predicted octanol–water partition coefficient (Wildman–Crippen LogP) is 3.63. The van der Waals surface area contributed by atoms with Gasteiger partial charge >= 0.3 is 0 Å². The van der Waals surface area contributed by atoms with E-state index < -0.39 is 5.41 Å². The summed E-state index contributed by atoms with van der Waals surface area (Å²) in [5.41, 5.74) is 1.13. The van der Waals surface area contributed by atoms with Crippen molar-refractivity contribution < 1.29 is 9.47 Å². The first kappa shape index (κ1) is 14.4. The Morgan fingerprint density at radius 2 is 2.00 bits per heavy atom. The SMILES string of the molecule is COc1ccc(-c2csc(C(C)(C)C#N)n2)c(OC)c1. The van der Waals surface area contributed by atoms with Gasteiger partial charge in [-0.1, -0.05) is 0 Å². The van der Waals surface area contributed by atoms with Crippen molar-refractivity contribution in [3.05, 3.63) is 28.6 Å². The van der Waals surface area contributed by atoms with E-state index in [0.29, 0.717) is 5.75 Å². The quantitative estimate of drug-likeness (QED) is 0.862. The zero-order valence-electron chi connectivity index (χ0n) is 11.9. The van der Waals surface area contributed by atoms with Gasteiger partial charge in [0.25, 0.3) is 0 Å². The average Bonchev–Trinajstić information content (AvgIpc) is 2.96. The maximum atomic E-state index is 9.17. The van der Waals surface area contributed by atoms with Gasteiger partial charge in [0.15, 0.2) is 0 Å². The molecule has 0 N–H and O–H groups in total. The monoisotopic (exact) mass is 288 g/mol. The van der Waals surface area contributed by atoms with E-state index in [1.54, 1.807) is 14.2 Å². The summed E-state index contributed by atoms with van der Waals surface area (Å²) in [6.45, 7) is 3.72. The number of rotatable bonds is 4. The van der Waals surface area contributed by atoms with Crippen molar-refractivity contribution in [1.82, 2.24) is 4.98 Å². The third-order valence-corrected chi connectivity index (χ3v) is 4.17. The van der Waals surface area contributed by atoms with Gasteiger partial charge in [0.1, 0.15) is 21.9 Å². The van der Waals surface area contributed by atoms with E-state index in [2.05, 4.69) is 11.1 Å². The molecule has 5 heteroatoms. The lowest BCUT2D eigenvalue weighted by Gasteiger charge is -2.11. The van der Waals surface area contributed by atoms with Crippen LogP contribution in [0.15, 0.2) is 23.6 Å². The van der Waals surface area contributed by atoms with E-state index in [1.807, 2.05) is 37.4 Å². The fraction of sp³-hybridized carbons (Fsp3) is 0.333. The van der Waals surface area contributed by atoms with E-state index in [9.17, 15) is 5.26 Å². The number of methoxy groups -OCH3 is 2. The van der Waals surface area contributed by atoms with E-state index in [0.717, 1.165) is 22.0 Å². The highest BCUT2D eigenvalue weighted by Crippen LogP contribution is 2.36. The smallest absolute Gasteiger partial charge is 0.131 e. The minimum absolute atomic E-state index is 0.581. The molecule has 0 amide bonds. The van der Waals surface area contributed by atoms with Crippen LogP contribution in [0.5, 0.6) is 11.5 Å². The average molecular weight is 288 g/mol. The molecule has 4 nitrogen and oxygen atoms in total. The van der Waals surface area contributed by atoms with Crippen molar-refractivity contribution in [2.24, 2.45) is 0 Å². The van der Waals surface area contributed by atoms with Crippen LogP contribution in [-0.4, -0.2) is 19.2 Å². The maximum Gasteiger partial charge on any atom is 0.131 e. The number of thiazole rings is 1. The maximum absolute atomic E-state index is 9.17. The largest absolute Gasteiger partial charge is 0.497 e. The first-order chi connectivity index (χ1) is 9.51. The standard InChI is InChI=1S/C15H16N2O2S/c1-15(2,9-16)14-17-12(8-20-14)11-6-5-10(18-3)7-13(11)19-4/h5-8H,1-4H3. The second kappa shape index (κ2) is 5.51. The molecule has 1 aromatic carbocycles. The number of nitrogens with zero attached hydrogens (tertiary/aromatic N) is 2. The molecule has 104 valence electrons. The molecule has 0 saturated carbocycles. The van der Waals surface area contributed by atoms with Crippen LogP contribution in [0, 0.1) is 11.3 Å². The van der Waals surface area contributed by atoms with Gasteiger partial charge in [-0.05, 0) is 26.0 Å². The number of hydrogen-bond donors (Lipinski definition) is 0. The van der Waals surface area contributed by atoms with Crippen LogP contribution in [0.25, 0.3) is 11.3 Å². The van der Waals surface area contributed by atoms with Crippen LogP contribution in [0.1, 0.15) is 18.9 Å². The number of ether oxygens (including phenoxy) is 2. The van der Waals surface area contributed by atoms with Gasteiger partial charge in [0, 0.05) is 17.0 Å². The molecule has 0 aliphatic rings. The van der Waals surface area contributed by atoms with Gasteiger partial charge in [-0.2, -0.15) is 5.26 Å². The van der Waals surface area contributed by atoms with Crippen molar-refractivity contribution in [3.8, 4) is 28.8 Å². The summed E-state index contributed by atoms with van der Waals surface area (Å²) in [5.74, 6) is 1.44. The minimum atomic E-state index is -0.581. The Kier molecular flexibility index (Phi) is 3.96. The third kappa shape index (κ3) is 2.61. The Balaban J connectivity index is 2.45. The van der Waals surface area contributed by atoms with Gasteiger partial charge in [-0.3, -0.25) is 0 Å². The number of aromatic nitrogens is 1. The fourth-order valence-corrected chi connectivity index (χ4v) is 2.64. The molecule has 0 radical (unpaired) electrons. The molecule has 0 spiro atoms. The molecule has 0 atom stereocenters. The van der Waals surface area contributed by atoms with Crippen molar-refractivity contribution in [2.75, 3.05) is 14.2 Å². The molecule has 0 bridgehead atoms. The zero-order valence-corrected chi connectivity index (χ0v) is 12.7. The van der Waals surface area contributed by atoms with E-state index in [-0.39, 0.29) is 0 Å². The van der Waals surface area contributed by atoms with Crippen molar-refractivity contribution in [2.45, 2.75) is 19.3 Å². The van der Waals surface area contributed by atoms with Crippen molar-refractivity contribution >= 4 is 11.3 Å². The highest BCUT2D eigenvalue weighted by Gasteiger charge is 2.24. The molecule has 1 aromatic heterocycles. The fourth-order valence-electron chi connectivity index (χ4n) is 1.74. The first-order valence-corrected chi connectivity index (χ1v) is 6.99. The number of benzene rings is 1. The van der Waals surface area contributed by atoms with Gasteiger partial charge < -0.3 is 9.47 Å². The molecule has 0 aliphatic heterocycles. The Bertz CT molecular complexity index is 656. The molecule has 1 heterocycles. The van der Waals surface area contributed by atoms with Crippen LogP contribution in [0.2, 0.25) is 0 Å². The highest BCUT2D eigenvalue weighted by molar-refractivity contribution is 7.10. The topological polar surface area (TPSA) is 55.1 Å². The molecule has 0 aliphatic carbocycles. The number of hydrogen-bond acceptors (Lipinski definition) is 5. The Morgan fingerprint density at radius 3 is 2.60 bits per heavy atom. The van der Waals surface area contributed by atoms with Gasteiger partial charge in [0.05, 0.1) is 26.0 Å². The highest BCUT2D eigenvalue weighted by atomic mass is 32.1. The van der Waals surface area contributed by atoms with Crippen molar-refractivity contribution in [3.63, 3.8) is 0 Å². The first-order valence-electron chi connectivity index (χ1n) is 6.11. The summed E-state index contributed by atoms with van der Waals surface area (Å²) in [7, 11) is 3.23. The Labute approximate surface area is 122 Å². The van der Waals surface area contributed by atoms with Crippen LogP contribution in [0.4, 0.5) is 0 Å². The summed E-state index contributed by atoms with van der Waals surface area (Å²) >= 11 is 1.48. The van der Waals surface area contributed by atoms with E-state index in [4.69, 9.17) is 9.47 Å². The van der Waals surface area contributed by atoms with Gasteiger partial charge in [0.2, 0.25) is 0 Å². The summed E-state index contributed by atoms with van der Waals surface area (Å²) in [6, 6.07) is 7.87. The molecule has 20 heavy (non-hydrogen) atoms. The normalized spacial score (nSPS) is 10.9. The van der Waals surface area contributed by atoms with Crippen molar-refractivity contribution in [1.29, 1.82) is 5.26 Å². The lowest BCUT2D eigenvalue weighted by molar-refractivity contribution is 0.395. The summed E-state index contributed by atoms with van der Waals surface area (Å²) in [6.07, 6.45) is 0. The minimum Gasteiger partial charge on any atom is -0.497 e. The zero-order chi connectivity index (χ0) is 14.8. The Hall–Kier alpha value is -2.06. The van der Waals surface area contributed by atoms with Crippen LogP contribution < -0.4 is 9.47 Å². The predicted molar refractivity (Wildman–Crippen MR) is 79.3 cm³/mol. The summed E-state index contributed by atoms with van der Waals surface area (Å²) in [5, 5.41) is 11.9. The van der Waals surface area contributed by atoms with Gasteiger partial charge in [-0.15, -0.1) is 11.3 Å². The molecular formula is C15H16N2O2S. The molecule has 2 aromatic rings. The molecular weight excluding hydrogens is 272 g/mol. The summed E-state index contributed by atoms with van der Waals surface area (Å²) in [4.78, 5) is 4.56. The molecule has 0 saturated heterocycles. The van der Waals surface area contributed by atoms with E-state index in [1.165, 1.54) is 11.3 Å². The van der Waals surface area contributed by atoms with Crippen LogP contribution in [-0.2, 0) is 5.41 Å². The lowest BCUT2D eigenvalue weighted by Crippen LogP contribution is -2.13. The van der Waals surface area contributed by atoms with E-state index >= 15 is 0 Å². The second-order valence-electron chi connectivity index (χ2n) is 4.84. The second-order valence-corrected chi connectivity index (χ2v) is 5.70. The lowest BCUT2D eigenvalue weighted by atomic mass is 9.97. The third-order valence-electron chi connectivity index (χ3n) is 3.00. The number of nitriles is 1.